The van der Waals surface area contributed by atoms with Crippen molar-refractivity contribution in [1.29, 1.82) is 0 Å². The Labute approximate surface area is 738 Å². The van der Waals surface area contributed by atoms with Gasteiger partial charge in [-0.1, -0.05) is 409 Å². The van der Waals surface area contributed by atoms with Crippen molar-refractivity contribution in [2.45, 2.75) is 411 Å². The lowest BCUT2D eigenvalue weighted by molar-refractivity contribution is -0.161. The van der Waals surface area contributed by atoms with Gasteiger partial charge in [-0.15, -0.1) is 0 Å². The highest BCUT2D eigenvalue weighted by molar-refractivity contribution is 7.47. The van der Waals surface area contributed by atoms with Gasteiger partial charge in [0, 0.05) is 19.3 Å². The van der Waals surface area contributed by atoms with E-state index in [4.69, 9.17) is 32.3 Å². The number of allylic oxidation sites excluding steroid dienone is 30. The van der Waals surface area contributed by atoms with Crippen LogP contribution in [-0.4, -0.2) is 95.9 Å². The van der Waals surface area contributed by atoms with Crippen molar-refractivity contribution in [3.8, 4) is 0 Å². The molecule has 5 unspecified atom stereocenters. The number of hydrogen-bond donors (Lipinski definition) is 4. The second kappa shape index (κ2) is 93.8. The molecule has 0 fully saturated rings. The lowest BCUT2D eigenvalue weighted by atomic mass is 10.0. The first kappa shape index (κ1) is 116. The van der Waals surface area contributed by atoms with E-state index in [2.05, 4.69) is 185 Å². The summed E-state index contributed by atoms with van der Waals surface area (Å²) in [5, 5.41) is 20.7. The standard InChI is InChI=1S/C103H174O16P2/c1-4-7-10-13-16-19-22-25-28-31-34-36-38-40-42-44-46-48-50-52-54-56-58-60-63-65-68-71-74-77-80-83-86-89-101(106)113-92-98(104)93-115-120(109,110)116-94-99(105)95-117-121(111,112)118-97-100(119-103(108)91-88-85-82-79-76-73-70-67-62-33-30-27-24-21-18-15-12-9-6-3)96-114-102(107)90-87-84-81-78-75-72-69-66-64-61-59-57-55-53-51-49-47-45-43-41-39-37-35-32-29-26-23-20-17-14-11-8-5-2/h7,9-10,12,16-21,25-30,34-37,40-43,62,67,73,76,82,85,98-100,104-105H,4-6,8,11,13-15,22-24,31-33,38-39,44-61,63-66,68-72,74-75,77-81,83-84,86-97H2,1-3H3,(H,109,110)(H,111,112)/b10-7-,12-9-,19-16-,20-17-,21-18-,28-25-,29-26-,30-27-,36-34-,37-35-,42-40-,43-41-,67-62-,76-73-,85-82-. The zero-order chi connectivity index (χ0) is 87.9. The fourth-order valence-electron chi connectivity index (χ4n) is 12.9. The van der Waals surface area contributed by atoms with Crippen molar-refractivity contribution >= 4 is 33.6 Å². The van der Waals surface area contributed by atoms with Gasteiger partial charge in [-0.05, 0) is 148 Å². The molecule has 16 nitrogen and oxygen atoms in total. The van der Waals surface area contributed by atoms with Crippen LogP contribution in [0.1, 0.15) is 393 Å². The Morgan fingerprint density at radius 3 is 0.727 bits per heavy atom. The van der Waals surface area contributed by atoms with Gasteiger partial charge in [0.05, 0.1) is 26.4 Å². The molecule has 0 aliphatic carbocycles. The van der Waals surface area contributed by atoms with Gasteiger partial charge in [0.25, 0.3) is 0 Å². The maximum Gasteiger partial charge on any atom is 0.472 e. The molecule has 0 heterocycles. The van der Waals surface area contributed by atoms with E-state index in [1.54, 1.807) is 0 Å². The molecule has 18 heteroatoms. The largest absolute Gasteiger partial charge is 0.472 e. The average Bonchev–Trinajstić information content (AvgIpc) is 0.901. The van der Waals surface area contributed by atoms with Crippen molar-refractivity contribution < 1.29 is 75.8 Å². The maximum absolute atomic E-state index is 13.0. The van der Waals surface area contributed by atoms with Crippen LogP contribution in [-0.2, 0) is 55.8 Å². The predicted octanol–water partition coefficient (Wildman–Crippen LogP) is 30.0. The van der Waals surface area contributed by atoms with Gasteiger partial charge in [-0.3, -0.25) is 32.5 Å². The molecule has 0 bridgehead atoms. The first-order chi connectivity index (χ1) is 59.2. The van der Waals surface area contributed by atoms with Crippen LogP contribution in [0.3, 0.4) is 0 Å². The molecule has 0 aliphatic rings. The molecule has 4 N–H and O–H groups in total. The highest BCUT2D eigenvalue weighted by Gasteiger charge is 2.29. The van der Waals surface area contributed by atoms with Gasteiger partial charge in [0.1, 0.15) is 25.4 Å². The number of unbranched alkanes of at least 4 members (excludes halogenated alkanes) is 37. The van der Waals surface area contributed by atoms with Crippen LogP contribution in [0.15, 0.2) is 182 Å². The molecule has 0 aliphatic heterocycles. The van der Waals surface area contributed by atoms with E-state index in [9.17, 15) is 43.5 Å². The molecular weight excluding hydrogens is 1560 g/mol. The average molecular weight is 1730 g/mol. The van der Waals surface area contributed by atoms with Gasteiger partial charge < -0.3 is 34.2 Å². The van der Waals surface area contributed by atoms with Crippen LogP contribution in [0.2, 0.25) is 0 Å². The Kier molecular flexibility index (Phi) is 89.6. The van der Waals surface area contributed by atoms with Crippen LogP contribution < -0.4 is 0 Å². The molecule has 5 atom stereocenters. The summed E-state index contributed by atoms with van der Waals surface area (Å²) in [6.07, 6.45) is 124. The second-order valence-corrected chi connectivity index (χ2v) is 34.7. The minimum atomic E-state index is -4.96. The Hall–Kier alpha value is -5.35. The molecule has 0 saturated heterocycles. The predicted molar refractivity (Wildman–Crippen MR) is 509 cm³/mol. The van der Waals surface area contributed by atoms with Crippen molar-refractivity contribution in [1.82, 2.24) is 0 Å². The lowest BCUT2D eigenvalue weighted by Gasteiger charge is -2.21. The third kappa shape index (κ3) is 95.2. The third-order valence-corrected chi connectivity index (χ3v) is 22.0. The van der Waals surface area contributed by atoms with Crippen LogP contribution in [0.25, 0.3) is 0 Å². The van der Waals surface area contributed by atoms with Gasteiger partial charge >= 0.3 is 33.6 Å². The van der Waals surface area contributed by atoms with E-state index in [0.29, 0.717) is 25.7 Å². The second-order valence-electron chi connectivity index (χ2n) is 31.8. The number of esters is 3. The van der Waals surface area contributed by atoms with Crippen molar-refractivity contribution in [3.05, 3.63) is 182 Å². The van der Waals surface area contributed by atoms with Crippen molar-refractivity contribution in [2.75, 3.05) is 39.6 Å². The highest BCUT2D eigenvalue weighted by Crippen LogP contribution is 2.45. The zero-order valence-electron chi connectivity index (χ0n) is 76.4. The van der Waals surface area contributed by atoms with Crippen molar-refractivity contribution in [2.24, 2.45) is 0 Å². The summed E-state index contributed by atoms with van der Waals surface area (Å²) in [6.45, 7) is 2.38. The number of hydrogen-bond acceptors (Lipinski definition) is 14. The molecular formula is C103H174O16P2. The van der Waals surface area contributed by atoms with E-state index >= 15 is 0 Å². The quantitative estimate of drug-likeness (QED) is 0.0146. The van der Waals surface area contributed by atoms with Crippen molar-refractivity contribution in [3.63, 3.8) is 0 Å². The molecule has 0 saturated carbocycles. The van der Waals surface area contributed by atoms with E-state index in [0.717, 1.165) is 128 Å². The summed E-state index contributed by atoms with van der Waals surface area (Å²) in [7, 11) is -9.84. The molecule has 121 heavy (non-hydrogen) atoms. The molecule has 0 aromatic rings. The van der Waals surface area contributed by atoms with E-state index in [1.807, 2.05) is 18.2 Å². The highest BCUT2D eigenvalue weighted by atomic mass is 31.2. The number of carbonyl (C=O) groups is 3. The van der Waals surface area contributed by atoms with Crippen LogP contribution in [0.4, 0.5) is 0 Å². The fraction of sp³-hybridized carbons (Fsp3) is 0.680. The number of aliphatic hydroxyl groups is 2. The topological polar surface area (TPSA) is 231 Å². The smallest absolute Gasteiger partial charge is 0.463 e. The number of carbonyl (C=O) groups excluding carboxylic acids is 3. The Balaban J connectivity index is 4.55. The summed E-state index contributed by atoms with van der Waals surface area (Å²) in [5.41, 5.74) is 0. The Morgan fingerprint density at radius 2 is 0.455 bits per heavy atom. The minimum Gasteiger partial charge on any atom is -0.463 e. The molecule has 0 aromatic carbocycles. The third-order valence-electron chi connectivity index (χ3n) is 20.1. The molecule has 0 rings (SSSR count). The van der Waals surface area contributed by atoms with Gasteiger partial charge in [0.2, 0.25) is 0 Å². The first-order valence-electron chi connectivity index (χ1n) is 48.1. The van der Waals surface area contributed by atoms with Crippen LogP contribution >= 0.6 is 15.6 Å². The van der Waals surface area contributed by atoms with Gasteiger partial charge in [-0.2, -0.15) is 0 Å². The van der Waals surface area contributed by atoms with E-state index in [1.165, 1.54) is 199 Å². The SMILES string of the molecule is CC/C=C\C/C=C\C/C=C\C/C=C\C/C=C\C/C=C\CCC(=O)OC(COC(=O)CCCCCCCCCCCCCCCCCCC/C=C\C/C=C\C/C=C\C/C=C\CCCCC)COP(=O)(O)OCC(O)COP(=O)(O)OCC(O)COC(=O)CCCCCCCCCCCCCCCCCCC/C=C\C/C=C\C/C=C\C/C=C\C/C=C\CC. The monoisotopic (exact) mass is 1730 g/mol. The molecule has 692 valence electrons. The van der Waals surface area contributed by atoms with Crippen LogP contribution in [0.5, 0.6) is 0 Å². The molecule has 0 spiro atoms. The number of aliphatic hydroxyl groups excluding tert-OH is 2. The number of rotatable bonds is 90. The number of ether oxygens (including phenoxy) is 3. The van der Waals surface area contributed by atoms with Crippen LogP contribution in [0, 0.1) is 0 Å². The van der Waals surface area contributed by atoms with E-state index in [-0.39, 0.29) is 19.3 Å². The maximum atomic E-state index is 13.0. The fourth-order valence-corrected chi connectivity index (χ4v) is 14.5. The summed E-state index contributed by atoms with van der Waals surface area (Å²) < 4.78 is 61.4. The Morgan fingerprint density at radius 1 is 0.240 bits per heavy atom. The summed E-state index contributed by atoms with van der Waals surface area (Å²) in [6, 6.07) is 0. The van der Waals surface area contributed by atoms with Gasteiger partial charge in [0.15, 0.2) is 6.10 Å². The molecule has 0 amide bonds. The normalized spacial score (nSPS) is 14.5. The van der Waals surface area contributed by atoms with Gasteiger partial charge in [-0.25, -0.2) is 9.13 Å². The summed E-state index contributed by atoms with van der Waals surface area (Å²) >= 11 is 0. The zero-order valence-corrected chi connectivity index (χ0v) is 78.2. The van der Waals surface area contributed by atoms with E-state index < -0.39 is 91.5 Å². The Bertz CT molecular complexity index is 2930. The summed E-state index contributed by atoms with van der Waals surface area (Å²) in [4.78, 5) is 59.0. The first-order valence-corrected chi connectivity index (χ1v) is 51.1. The molecule has 0 radical (unpaired) electrons. The lowest BCUT2D eigenvalue weighted by Crippen LogP contribution is -2.29. The number of phosphoric acid groups is 2. The number of phosphoric ester groups is 2. The molecule has 0 aromatic heterocycles. The summed E-state index contributed by atoms with van der Waals surface area (Å²) in [5.74, 6) is -1.67. The minimum absolute atomic E-state index is 0.0239.